The number of hydrogen-bond acceptors (Lipinski definition) is 7. The van der Waals surface area contributed by atoms with Gasteiger partial charge in [-0.15, -0.1) is 11.3 Å². The van der Waals surface area contributed by atoms with Gasteiger partial charge in [-0.1, -0.05) is 30.3 Å². The zero-order valence-electron chi connectivity index (χ0n) is 15.4. The SMILES string of the molecule is CCOC(=O)NC(=Nc1c(-c2ccccc2)csc1NC=O)NC(=O)OCC. The van der Waals surface area contributed by atoms with Crippen molar-refractivity contribution in [2.75, 3.05) is 18.5 Å². The lowest BCUT2D eigenvalue weighted by molar-refractivity contribution is -0.105. The molecule has 0 atom stereocenters. The van der Waals surface area contributed by atoms with Gasteiger partial charge in [-0.3, -0.25) is 15.4 Å². The Morgan fingerprint density at radius 2 is 1.68 bits per heavy atom. The van der Waals surface area contributed by atoms with E-state index in [4.69, 9.17) is 9.47 Å². The van der Waals surface area contributed by atoms with Crippen molar-refractivity contribution in [3.05, 3.63) is 35.7 Å². The molecule has 1 aromatic heterocycles. The van der Waals surface area contributed by atoms with Gasteiger partial charge in [0.05, 0.1) is 13.2 Å². The highest BCUT2D eigenvalue weighted by Crippen LogP contribution is 2.42. The molecule has 0 bridgehead atoms. The van der Waals surface area contributed by atoms with Crippen molar-refractivity contribution in [1.29, 1.82) is 0 Å². The minimum Gasteiger partial charge on any atom is -0.450 e. The van der Waals surface area contributed by atoms with Crippen molar-refractivity contribution in [2.45, 2.75) is 13.8 Å². The summed E-state index contributed by atoms with van der Waals surface area (Å²) >= 11 is 1.26. The molecule has 3 N–H and O–H groups in total. The number of carbonyl (C=O) groups excluding carboxylic acids is 3. The molecule has 0 saturated carbocycles. The van der Waals surface area contributed by atoms with Gasteiger partial charge in [0.25, 0.3) is 0 Å². The summed E-state index contributed by atoms with van der Waals surface area (Å²) in [5.41, 5.74) is 1.93. The topological polar surface area (TPSA) is 118 Å². The Bertz CT molecular complexity index is 829. The fraction of sp³-hybridized carbons (Fsp3) is 0.222. The predicted octanol–water partition coefficient (Wildman–Crippen LogP) is 3.46. The Hall–Kier alpha value is -3.40. The Balaban J connectivity index is 2.46. The first-order chi connectivity index (χ1) is 13.6. The van der Waals surface area contributed by atoms with E-state index in [0.717, 1.165) is 5.56 Å². The third-order valence-electron chi connectivity index (χ3n) is 3.26. The summed E-state index contributed by atoms with van der Waals surface area (Å²) in [6.45, 7) is 3.58. The quantitative estimate of drug-likeness (QED) is 0.387. The highest BCUT2D eigenvalue weighted by molar-refractivity contribution is 7.15. The lowest BCUT2D eigenvalue weighted by Crippen LogP contribution is -2.44. The maximum absolute atomic E-state index is 11.8. The average molecular weight is 404 g/mol. The van der Waals surface area contributed by atoms with Gasteiger partial charge in [-0.25, -0.2) is 14.6 Å². The van der Waals surface area contributed by atoms with Crippen molar-refractivity contribution in [2.24, 2.45) is 4.99 Å². The Morgan fingerprint density at radius 1 is 1.07 bits per heavy atom. The van der Waals surface area contributed by atoms with Crippen LogP contribution in [-0.2, 0) is 14.3 Å². The molecule has 2 aromatic rings. The Kier molecular flexibility index (Phi) is 7.97. The molecule has 0 aliphatic heterocycles. The van der Waals surface area contributed by atoms with Gasteiger partial charge in [0, 0.05) is 10.9 Å². The van der Waals surface area contributed by atoms with E-state index >= 15 is 0 Å². The van der Waals surface area contributed by atoms with E-state index in [2.05, 4.69) is 20.9 Å². The molecule has 0 saturated heterocycles. The second-order valence-corrected chi connectivity index (χ2v) is 5.99. The Morgan fingerprint density at radius 3 is 2.21 bits per heavy atom. The second-order valence-electron chi connectivity index (χ2n) is 5.11. The molecule has 0 aliphatic carbocycles. The number of hydrogen-bond donors (Lipinski definition) is 3. The largest absolute Gasteiger partial charge is 0.450 e. The van der Waals surface area contributed by atoms with Gasteiger partial charge in [-0.2, -0.15) is 0 Å². The lowest BCUT2D eigenvalue weighted by Gasteiger charge is -2.11. The first kappa shape index (κ1) is 20.9. The molecule has 10 heteroatoms. The van der Waals surface area contributed by atoms with Crippen LogP contribution in [0.15, 0.2) is 40.7 Å². The van der Waals surface area contributed by atoms with Gasteiger partial charge in [0.15, 0.2) is 0 Å². The van der Waals surface area contributed by atoms with Crippen LogP contribution in [0, 0.1) is 0 Å². The van der Waals surface area contributed by atoms with E-state index < -0.39 is 12.2 Å². The molecule has 0 fully saturated rings. The Labute approximate surface area is 165 Å². The highest BCUT2D eigenvalue weighted by atomic mass is 32.1. The molecule has 0 spiro atoms. The summed E-state index contributed by atoms with van der Waals surface area (Å²) in [6.07, 6.45) is -1.06. The first-order valence-corrected chi connectivity index (χ1v) is 9.30. The smallest absolute Gasteiger partial charge is 0.413 e. The maximum Gasteiger partial charge on any atom is 0.413 e. The van der Waals surface area contributed by atoms with E-state index in [1.54, 1.807) is 13.8 Å². The lowest BCUT2D eigenvalue weighted by atomic mass is 10.1. The number of thiophene rings is 1. The number of carbonyl (C=O) groups is 3. The number of guanidine groups is 1. The van der Waals surface area contributed by atoms with Crippen LogP contribution < -0.4 is 16.0 Å². The van der Waals surface area contributed by atoms with Crippen LogP contribution in [0.25, 0.3) is 11.1 Å². The summed E-state index contributed by atoms with van der Waals surface area (Å²) in [4.78, 5) is 38.9. The fourth-order valence-electron chi connectivity index (χ4n) is 2.17. The zero-order valence-corrected chi connectivity index (χ0v) is 16.2. The van der Waals surface area contributed by atoms with Crippen molar-refractivity contribution >= 4 is 46.6 Å². The molecular formula is C18H20N4O5S. The molecule has 148 valence electrons. The summed E-state index contributed by atoms with van der Waals surface area (Å²) < 4.78 is 9.67. The van der Waals surface area contributed by atoms with Crippen LogP contribution in [0.5, 0.6) is 0 Å². The van der Waals surface area contributed by atoms with E-state index in [0.29, 0.717) is 22.7 Å². The molecule has 3 amide bonds. The number of amides is 3. The van der Waals surface area contributed by atoms with Gasteiger partial charge < -0.3 is 14.8 Å². The molecule has 0 unspecified atom stereocenters. The molecule has 1 heterocycles. The van der Waals surface area contributed by atoms with Crippen LogP contribution in [0.4, 0.5) is 20.3 Å². The fourth-order valence-corrected chi connectivity index (χ4v) is 3.03. The molecule has 2 rings (SSSR count). The zero-order chi connectivity index (χ0) is 20.4. The summed E-state index contributed by atoms with van der Waals surface area (Å²) in [5.74, 6) is -0.193. The first-order valence-electron chi connectivity index (χ1n) is 8.42. The summed E-state index contributed by atoms with van der Waals surface area (Å²) in [5, 5.41) is 9.55. The molecule has 28 heavy (non-hydrogen) atoms. The number of nitrogens with zero attached hydrogens (tertiary/aromatic N) is 1. The van der Waals surface area contributed by atoms with E-state index in [1.807, 2.05) is 35.7 Å². The molecule has 0 radical (unpaired) electrons. The standard InChI is InChI=1S/C18H20N4O5S/c1-3-26-17(24)21-16(22-18(25)27-4-2)20-14-13(10-28-15(14)19-11-23)12-8-6-5-7-9-12/h5-11H,3-4H2,1-2H3,(H,19,23)(H2,20,21,22,24,25). The van der Waals surface area contributed by atoms with E-state index in [1.165, 1.54) is 11.3 Å². The van der Waals surface area contributed by atoms with Crippen LogP contribution >= 0.6 is 11.3 Å². The van der Waals surface area contributed by atoms with E-state index in [-0.39, 0.29) is 19.2 Å². The number of anilines is 1. The third-order valence-corrected chi connectivity index (χ3v) is 4.16. The van der Waals surface area contributed by atoms with Crippen LogP contribution in [-0.4, -0.2) is 37.8 Å². The monoisotopic (exact) mass is 404 g/mol. The molecule has 9 nitrogen and oxygen atoms in total. The number of rotatable bonds is 6. The summed E-state index contributed by atoms with van der Waals surface area (Å²) in [7, 11) is 0. The highest BCUT2D eigenvalue weighted by Gasteiger charge is 2.17. The summed E-state index contributed by atoms with van der Waals surface area (Å²) in [6, 6.07) is 9.36. The van der Waals surface area contributed by atoms with Crippen molar-refractivity contribution < 1.29 is 23.9 Å². The number of alkyl carbamates (subject to hydrolysis) is 2. The minimum absolute atomic E-state index is 0.143. The van der Waals surface area contributed by atoms with Crippen molar-refractivity contribution in [3.8, 4) is 11.1 Å². The molecule has 1 aromatic carbocycles. The van der Waals surface area contributed by atoms with Crippen LogP contribution in [0.3, 0.4) is 0 Å². The predicted molar refractivity (Wildman–Crippen MR) is 107 cm³/mol. The van der Waals surface area contributed by atoms with Crippen molar-refractivity contribution in [1.82, 2.24) is 10.6 Å². The number of benzene rings is 1. The van der Waals surface area contributed by atoms with Gasteiger partial charge in [-0.05, 0) is 19.4 Å². The maximum atomic E-state index is 11.8. The normalized spacial score (nSPS) is 9.79. The third kappa shape index (κ3) is 5.81. The van der Waals surface area contributed by atoms with Gasteiger partial charge in [0.2, 0.25) is 12.4 Å². The van der Waals surface area contributed by atoms with Crippen LogP contribution in [0.2, 0.25) is 0 Å². The van der Waals surface area contributed by atoms with Gasteiger partial charge >= 0.3 is 12.2 Å². The van der Waals surface area contributed by atoms with Crippen molar-refractivity contribution in [3.63, 3.8) is 0 Å². The number of nitrogens with one attached hydrogen (secondary N) is 3. The molecular weight excluding hydrogens is 384 g/mol. The minimum atomic E-state index is -0.792. The van der Waals surface area contributed by atoms with E-state index in [9.17, 15) is 14.4 Å². The number of ether oxygens (including phenoxy) is 2. The van der Waals surface area contributed by atoms with Crippen LogP contribution in [0.1, 0.15) is 13.8 Å². The van der Waals surface area contributed by atoms with Gasteiger partial charge in [0.1, 0.15) is 10.7 Å². The average Bonchev–Trinajstić information content (AvgIpc) is 3.05. The second kappa shape index (κ2) is 10.7. The number of aliphatic imine (C=N–C) groups is 1. The molecule has 0 aliphatic rings.